The van der Waals surface area contributed by atoms with E-state index in [1.165, 1.54) is 0 Å². The fourth-order valence-corrected chi connectivity index (χ4v) is 2.89. The summed E-state index contributed by atoms with van der Waals surface area (Å²) in [6.07, 6.45) is 0.749. The van der Waals surface area contributed by atoms with Crippen LogP contribution in [-0.2, 0) is 9.59 Å². The number of carbonyl (C=O) groups excluding carboxylic acids is 2. The fraction of sp³-hybridized carbons (Fsp3) is 0.385. The molecule has 0 aromatic heterocycles. The monoisotopic (exact) mass is 230 g/mol. The van der Waals surface area contributed by atoms with Crippen molar-refractivity contribution >= 4 is 11.8 Å². The Kier molecular flexibility index (Phi) is 2.02. The van der Waals surface area contributed by atoms with Gasteiger partial charge in [0.05, 0.1) is 0 Å². The summed E-state index contributed by atoms with van der Waals surface area (Å²) in [7, 11) is 0. The highest BCUT2D eigenvalue weighted by atomic mass is 16.2. The van der Waals surface area contributed by atoms with E-state index in [0.717, 1.165) is 12.0 Å². The van der Waals surface area contributed by atoms with Crippen LogP contribution in [0.1, 0.15) is 24.8 Å². The van der Waals surface area contributed by atoms with Gasteiger partial charge in [0, 0.05) is 5.92 Å². The van der Waals surface area contributed by atoms with E-state index in [4.69, 9.17) is 0 Å². The van der Waals surface area contributed by atoms with Gasteiger partial charge in [-0.25, -0.2) is 0 Å². The van der Waals surface area contributed by atoms with Crippen LogP contribution >= 0.6 is 0 Å². The van der Waals surface area contributed by atoms with Crippen LogP contribution in [-0.4, -0.2) is 17.5 Å². The van der Waals surface area contributed by atoms with E-state index in [1.54, 1.807) is 0 Å². The van der Waals surface area contributed by atoms with Gasteiger partial charge in [0.25, 0.3) is 0 Å². The minimum Gasteiger partial charge on any atom is -0.333 e. The van der Waals surface area contributed by atoms with Crippen LogP contribution in [0.15, 0.2) is 30.3 Å². The van der Waals surface area contributed by atoms with Gasteiger partial charge in [-0.2, -0.15) is 0 Å². The number of rotatable bonds is 1. The normalized spacial score (nSPS) is 35.4. The molecular weight excluding hydrogens is 216 g/mol. The van der Waals surface area contributed by atoms with Crippen LogP contribution in [0.4, 0.5) is 0 Å². The third-order valence-corrected chi connectivity index (χ3v) is 3.62. The lowest BCUT2D eigenvalue weighted by molar-refractivity contribution is -0.149. The van der Waals surface area contributed by atoms with Crippen molar-refractivity contribution in [2.24, 2.45) is 5.92 Å². The Hall–Kier alpha value is -1.84. The minimum absolute atomic E-state index is 0.0105. The smallest absolute Gasteiger partial charge is 0.235 e. The molecule has 0 saturated carbocycles. The van der Waals surface area contributed by atoms with Crippen LogP contribution in [0.2, 0.25) is 0 Å². The van der Waals surface area contributed by atoms with Gasteiger partial charge in [-0.1, -0.05) is 30.3 Å². The highest BCUT2D eigenvalue weighted by molar-refractivity contribution is 6.05. The highest BCUT2D eigenvalue weighted by Gasteiger charge is 2.52. The number of carbonyl (C=O) groups is 2. The van der Waals surface area contributed by atoms with Crippen molar-refractivity contribution in [3.05, 3.63) is 35.9 Å². The van der Waals surface area contributed by atoms with E-state index >= 15 is 0 Å². The Bertz CT molecular complexity index is 465. The van der Waals surface area contributed by atoms with E-state index < -0.39 is 11.6 Å². The molecule has 2 amide bonds. The standard InChI is InChI=1S/C13H14N2O2/c1-13-7-9(8-5-3-2-4-6-8)10(11(16)14-13)12(17)15-13/h2-6,9-10H,7H2,1H3,(H,14,16)(H,15,17). The van der Waals surface area contributed by atoms with Crippen LogP contribution in [0, 0.1) is 5.92 Å². The summed E-state index contributed by atoms with van der Waals surface area (Å²) in [6.45, 7) is 1.86. The Morgan fingerprint density at radius 2 is 1.71 bits per heavy atom. The number of hydrogen-bond donors (Lipinski definition) is 2. The van der Waals surface area contributed by atoms with E-state index in [2.05, 4.69) is 10.6 Å². The average molecular weight is 230 g/mol. The third-order valence-electron chi connectivity index (χ3n) is 3.62. The van der Waals surface area contributed by atoms with Crippen LogP contribution in [0.3, 0.4) is 0 Å². The molecule has 1 aromatic rings. The molecule has 3 saturated heterocycles. The van der Waals surface area contributed by atoms with Gasteiger partial charge in [0.15, 0.2) is 0 Å². The maximum absolute atomic E-state index is 11.9. The lowest BCUT2D eigenvalue weighted by atomic mass is 9.72. The topological polar surface area (TPSA) is 58.2 Å². The summed E-state index contributed by atoms with van der Waals surface area (Å²) in [5, 5.41) is 5.70. The molecule has 0 radical (unpaired) electrons. The van der Waals surface area contributed by atoms with E-state index in [-0.39, 0.29) is 17.7 Å². The second-order valence-electron chi connectivity index (χ2n) is 5.01. The molecule has 1 aromatic carbocycles. The van der Waals surface area contributed by atoms with E-state index in [1.807, 2.05) is 37.3 Å². The molecule has 17 heavy (non-hydrogen) atoms. The molecular formula is C13H14N2O2. The summed E-state index contributed by atoms with van der Waals surface area (Å²) in [6, 6.07) is 9.78. The first-order valence-corrected chi connectivity index (χ1v) is 5.78. The number of nitrogens with one attached hydrogen (secondary N) is 2. The fourth-order valence-electron chi connectivity index (χ4n) is 2.89. The molecule has 3 heterocycles. The van der Waals surface area contributed by atoms with Crippen LogP contribution in [0.5, 0.6) is 0 Å². The summed E-state index contributed by atoms with van der Waals surface area (Å²) in [4.78, 5) is 23.8. The molecule has 1 atom stereocenters. The first-order valence-electron chi connectivity index (χ1n) is 5.78. The van der Waals surface area contributed by atoms with Crippen LogP contribution < -0.4 is 10.6 Å². The molecule has 2 N–H and O–H groups in total. The lowest BCUT2D eigenvalue weighted by Crippen LogP contribution is -2.72. The molecule has 3 aliphatic heterocycles. The zero-order valence-corrected chi connectivity index (χ0v) is 9.57. The Balaban J connectivity index is 2.02. The number of fused-ring (bicyclic) bond motifs is 3. The molecule has 0 spiro atoms. The molecule has 2 bridgehead atoms. The molecule has 1 unspecified atom stereocenters. The van der Waals surface area contributed by atoms with Crippen molar-refractivity contribution in [3.8, 4) is 0 Å². The molecule has 3 fully saturated rings. The van der Waals surface area contributed by atoms with Gasteiger partial charge < -0.3 is 10.6 Å². The first-order chi connectivity index (χ1) is 8.09. The summed E-state index contributed by atoms with van der Waals surface area (Å²) >= 11 is 0. The quantitative estimate of drug-likeness (QED) is 0.699. The molecule has 4 heteroatoms. The predicted molar refractivity (Wildman–Crippen MR) is 62.0 cm³/mol. The summed E-state index contributed by atoms with van der Waals surface area (Å²) in [5.74, 6) is -0.907. The number of benzene rings is 1. The van der Waals surface area contributed by atoms with E-state index in [9.17, 15) is 9.59 Å². The molecule has 0 aliphatic carbocycles. The maximum Gasteiger partial charge on any atom is 0.235 e. The molecule has 4 rings (SSSR count). The second-order valence-corrected chi connectivity index (χ2v) is 5.01. The third kappa shape index (κ3) is 1.52. The zero-order chi connectivity index (χ0) is 12.0. The van der Waals surface area contributed by atoms with Crippen molar-refractivity contribution in [3.63, 3.8) is 0 Å². The van der Waals surface area contributed by atoms with Gasteiger partial charge in [-0.15, -0.1) is 0 Å². The first kappa shape index (κ1) is 10.3. The zero-order valence-electron chi connectivity index (χ0n) is 9.57. The molecule has 3 aliphatic rings. The highest BCUT2D eigenvalue weighted by Crippen LogP contribution is 2.40. The van der Waals surface area contributed by atoms with Crippen molar-refractivity contribution in [1.29, 1.82) is 0 Å². The van der Waals surface area contributed by atoms with Gasteiger partial charge in [0.2, 0.25) is 11.8 Å². The van der Waals surface area contributed by atoms with Crippen molar-refractivity contribution in [2.75, 3.05) is 0 Å². The SMILES string of the molecule is CC12CC(c3ccccc3)C(C(=O)N1)C(=O)N2. The molecule has 88 valence electrons. The van der Waals surface area contributed by atoms with E-state index in [0.29, 0.717) is 0 Å². The minimum atomic E-state index is -0.594. The van der Waals surface area contributed by atoms with Crippen molar-refractivity contribution < 1.29 is 9.59 Å². The van der Waals surface area contributed by atoms with Gasteiger partial charge in [-0.3, -0.25) is 9.59 Å². The van der Waals surface area contributed by atoms with Crippen molar-refractivity contribution in [2.45, 2.75) is 24.9 Å². The Morgan fingerprint density at radius 1 is 1.12 bits per heavy atom. The second kappa shape index (κ2) is 3.32. The Labute approximate surface area is 99.4 Å². The number of piperidine rings is 2. The Morgan fingerprint density at radius 3 is 2.24 bits per heavy atom. The summed E-state index contributed by atoms with van der Waals surface area (Å²) in [5.41, 5.74) is 0.470. The summed E-state index contributed by atoms with van der Waals surface area (Å²) < 4.78 is 0. The average Bonchev–Trinajstić information content (AvgIpc) is 2.27. The largest absolute Gasteiger partial charge is 0.333 e. The van der Waals surface area contributed by atoms with Gasteiger partial charge in [0.1, 0.15) is 11.6 Å². The van der Waals surface area contributed by atoms with Gasteiger partial charge in [-0.05, 0) is 18.9 Å². The predicted octanol–water partition coefficient (Wildman–Crippen LogP) is 0.752. The van der Waals surface area contributed by atoms with Gasteiger partial charge >= 0.3 is 0 Å². The molecule has 4 nitrogen and oxygen atoms in total. The van der Waals surface area contributed by atoms with Crippen molar-refractivity contribution in [1.82, 2.24) is 10.6 Å². The number of hydrogen-bond acceptors (Lipinski definition) is 2. The lowest BCUT2D eigenvalue weighted by Gasteiger charge is -2.48. The number of amides is 2. The maximum atomic E-state index is 11.9. The van der Waals surface area contributed by atoms with Crippen LogP contribution in [0.25, 0.3) is 0 Å².